The van der Waals surface area contributed by atoms with Gasteiger partial charge in [0.15, 0.2) is 0 Å². The summed E-state index contributed by atoms with van der Waals surface area (Å²) in [5.74, 6) is 0.902. The van der Waals surface area contributed by atoms with Crippen molar-refractivity contribution in [3.8, 4) is 0 Å². The van der Waals surface area contributed by atoms with Crippen molar-refractivity contribution in [2.75, 3.05) is 19.6 Å². The van der Waals surface area contributed by atoms with E-state index in [4.69, 9.17) is 5.73 Å². The van der Waals surface area contributed by atoms with Gasteiger partial charge in [-0.3, -0.25) is 4.79 Å². The van der Waals surface area contributed by atoms with E-state index in [0.29, 0.717) is 24.8 Å². The Balaban J connectivity index is 0.00000361. The van der Waals surface area contributed by atoms with Crippen molar-refractivity contribution in [2.24, 2.45) is 17.1 Å². The summed E-state index contributed by atoms with van der Waals surface area (Å²) in [5.41, 5.74) is 6.08. The number of halogens is 1. The summed E-state index contributed by atoms with van der Waals surface area (Å²) in [6.07, 6.45) is 7.84. The molecule has 1 saturated carbocycles. The van der Waals surface area contributed by atoms with Crippen LogP contribution < -0.4 is 5.73 Å². The summed E-state index contributed by atoms with van der Waals surface area (Å²) < 4.78 is 0. The molecule has 0 spiro atoms. The number of amides is 1. The first-order valence-corrected chi connectivity index (χ1v) is 8.04. The molecule has 20 heavy (non-hydrogen) atoms. The molecule has 1 fully saturated rings. The van der Waals surface area contributed by atoms with E-state index in [1.54, 1.807) is 0 Å². The van der Waals surface area contributed by atoms with Crippen molar-refractivity contribution in [3.05, 3.63) is 0 Å². The molecule has 1 atom stereocenters. The first-order chi connectivity index (χ1) is 9.06. The van der Waals surface area contributed by atoms with Crippen LogP contribution in [0.15, 0.2) is 0 Å². The summed E-state index contributed by atoms with van der Waals surface area (Å²) >= 11 is 0. The molecule has 120 valence electrons. The smallest absolute Gasteiger partial charge is 0.223 e. The second-order valence-electron chi connectivity index (χ2n) is 6.39. The third kappa shape index (κ3) is 5.61. The Morgan fingerprint density at radius 2 is 1.85 bits per heavy atom. The lowest BCUT2D eigenvalue weighted by Gasteiger charge is -2.37. The summed E-state index contributed by atoms with van der Waals surface area (Å²) in [6.45, 7) is 8.87. The van der Waals surface area contributed by atoms with Crippen molar-refractivity contribution in [1.29, 1.82) is 0 Å². The molecule has 0 aromatic rings. The van der Waals surface area contributed by atoms with Gasteiger partial charge in [-0.05, 0) is 37.6 Å². The van der Waals surface area contributed by atoms with Crippen molar-refractivity contribution in [1.82, 2.24) is 4.90 Å². The number of nitrogens with zero attached hydrogens (tertiary/aromatic N) is 1. The fourth-order valence-corrected chi connectivity index (χ4v) is 3.10. The Morgan fingerprint density at radius 1 is 1.25 bits per heavy atom. The lowest BCUT2D eigenvalue weighted by molar-refractivity contribution is -0.134. The van der Waals surface area contributed by atoms with Crippen LogP contribution in [0.4, 0.5) is 0 Å². The molecule has 1 rings (SSSR count). The molecule has 0 heterocycles. The molecule has 1 aliphatic carbocycles. The van der Waals surface area contributed by atoms with Gasteiger partial charge in [-0.25, -0.2) is 0 Å². The van der Waals surface area contributed by atoms with Crippen LogP contribution in [0.25, 0.3) is 0 Å². The number of hydrogen-bond acceptors (Lipinski definition) is 2. The van der Waals surface area contributed by atoms with Gasteiger partial charge in [-0.1, -0.05) is 39.5 Å². The molecular weight excluding hydrogens is 272 g/mol. The van der Waals surface area contributed by atoms with Gasteiger partial charge < -0.3 is 10.6 Å². The van der Waals surface area contributed by atoms with E-state index in [-0.39, 0.29) is 17.8 Å². The normalized spacial score (nSPS) is 19.0. The summed E-state index contributed by atoms with van der Waals surface area (Å²) in [6, 6.07) is 0. The Kier molecular flexibility index (Phi) is 9.48. The van der Waals surface area contributed by atoms with Crippen molar-refractivity contribution in [3.63, 3.8) is 0 Å². The molecule has 3 nitrogen and oxygen atoms in total. The molecule has 0 aliphatic heterocycles. The van der Waals surface area contributed by atoms with E-state index in [2.05, 4.69) is 20.8 Å². The fourth-order valence-electron chi connectivity index (χ4n) is 3.10. The number of carbonyl (C=O) groups is 1. The number of rotatable bonds is 7. The van der Waals surface area contributed by atoms with E-state index in [1.807, 2.05) is 4.90 Å². The Morgan fingerprint density at radius 3 is 2.30 bits per heavy atom. The third-order valence-electron chi connectivity index (χ3n) is 4.84. The molecule has 0 aromatic carbocycles. The van der Waals surface area contributed by atoms with Crippen LogP contribution in [-0.2, 0) is 4.79 Å². The van der Waals surface area contributed by atoms with Gasteiger partial charge in [-0.2, -0.15) is 0 Å². The van der Waals surface area contributed by atoms with Gasteiger partial charge in [0.05, 0.1) is 0 Å². The van der Waals surface area contributed by atoms with Crippen LogP contribution in [0.3, 0.4) is 0 Å². The highest BCUT2D eigenvalue weighted by molar-refractivity contribution is 5.85. The molecule has 1 aliphatic rings. The van der Waals surface area contributed by atoms with Gasteiger partial charge in [-0.15, -0.1) is 12.4 Å². The van der Waals surface area contributed by atoms with Gasteiger partial charge in [0, 0.05) is 19.5 Å². The van der Waals surface area contributed by atoms with Crippen molar-refractivity contribution >= 4 is 18.3 Å². The number of nitrogens with two attached hydrogens (primary N) is 1. The SMILES string of the molecule is CCC(C)CN(CC)C(=O)CC1(CN)CCCCC1.Cl. The molecule has 2 N–H and O–H groups in total. The van der Waals surface area contributed by atoms with Crippen molar-refractivity contribution < 1.29 is 4.79 Å². The number of carbonyl (C=O) groups excluding carboxylic acids is 1. The van der Waals surface area contributed by atoms with Gasteiger partial charge in [0.25, 0.3) is 0 Å². The van der Waals surface area contributed by atoms with E-state index in [9.17, 15) is 4.79 Å². The first-order valence-electron chi connectivity index (χ1n) is 8.04. The third-order valence-corrected chi connectivity index (χ3v) is 4.84. The average molecular weight is 305 g/mol. The first kappa shape index (κ1) is 19.7. The zero-order valence-corrected chi connectivity index (χ0v) is 14.3. The zero-order chi connectivity index (χ0) is 14.3. The van der Waals surface area contributed by atoms with Crippen LogP contribution in [-0.4, -0.2) is 30.4 Å². The quantitative estimate of drug-likeness (QED) is 0.781. The molecule has 1 unspecified atom stereocenters. The highest BCUT2D eigenvalue weighted by Gasteiger charge is 2.34. The van der Waals surface area contributed by atoms with Crippen LogP contribution in [0.2, 0.25) is 0 Å². The predicted molar refractivity (Wildman–Crippen MR) is 88.1 cm³/mol. The maximum absolute atomic E-state index is 12.5. The Bertz CT molecular complexity index is 278. The maximum Gasteiger partial charge on any atom is 0.223 e. The minimum absolute atomic E-state index is 0. The Hall–Kier alpha value is -0.280. The van der Waals surface area contributed by atoms with Gasteiger partial charge >= 0.3 is 0 Å². The molecular formula is C16H33ClN2O. The Labute approximate surface area is 131 Å². The second-order valence-corrected chi connectivity index (χ2v) is 6.39. The largest absolute Gasteiger partial charge is 0.343 e. The summed E-state index contributed by atoms with van der Waals surface area (Å²) in [7, 11) is 0. The summed E-state index contributed by atoms with van der Waals surface area (Å²) in [5, 5.41) is 0. The highest BCUT2D eigenvalue weighted by atomic mass is 35.5. The minimum atomic E-state index is 0. The average Bonchev–Trinajstić information content (AvgIpc) is 2.45. The fraction of sp³-hybridized carbons (Fsp3) is 0.938. The topological polar surface area (TPSA) is 46.3 Å². The van der Waals surface area contributed by atoms with E-state index >= 15 is 0 Å². The van der Waals surface area contributed by atoms with Gasteiger partial charge in [0.2, 0.25) is 5.91 Å². The number of hydrogen-bond donors (Lipinski definition) is 1. The van der Waals surface area contributed by atoms with Crippen molar-refractivity contribution in [2.45, 2.75) is 65.7 Å². The van der Waals surface area contributed by atoms with Crippen LogP contribution in [0, 0.1) is 11.3 Å². The van der Waals surface area contributed by atoms with Crippen LogP contribution in [0.5, 0.6) is 0 Å². The standard InChI is InChI=1S/C16H32N2O.ClH/c1-4-14(3)12-18(5-2)15(19)11-16(13-17)9-7-6-8-10-16;/h14H,4-13,17H2,1-3H3;1H. The zero-order valence-electron chi connectivity index (χ0n) is 13.5. The van der Waals surface area contributed by atoms with Crippen LogP contribution in [0.1, 0.15) is 65.7 Å². The van der Waals surface area contributed by atoms with Crippen LogP contribution >= 0.6 is 12.4 Å². The van der Waals surface area contributed by atoms with Gasteiger partial charge in [0.1, 0.15) is 0 Å². The van der Waals surface area contributed by atoms with E-state index < -0.39 is 0 Å². The molecule has 0 bridgehead atoms. The molecule has 0 aromatic heterocycles. The second kappa shape index (κ2) is 9.62. The molecule has 0 radical (unpaired) electrons. The monoisotopic (exact) mass is 304 g/mol. The lowest BCUT2D eigenvalue weighted by atomic mass is 9.71. The van der Waals surface area contributed by atoms with E-state index in [0.717, 1.165) is 32.4 Å². The maximum atomic E-state index is 12.5. The molecule has 1 amide bonds. The highest BCUT2D eigenvalue weighted by Crippen LogP contribution is 2.38. The molecule has 0 saturated heterocycles. The minimum Gasteiger partial charge on any atom is -0.343 e. The predicted octanol–water partition coefficient (Wildman–Crippen LogP) is 3.60. The summed E-state index contributed by atoms with van der Waals surface area (Å²) in [4.78, 5) is 14.6. The lowest BCUT2D eigenvalue weighted by Crippen LogP contribution is -2.41. The van der Waals surface area contributed by atoms with E-state index in [1.165, 1.54) is 19.3 Å². The molecule has 4 heteroatoms.